The van der Waals surface area contributed by atoms with Crippen LogP contribution in [-0.4, -0.2) is 5.78 Å². The van der Waals surface area contributed by atoms with Crippen LogP contribution in [0.5, 0.6) is 0 Å². The van der Waals surface area contributed by atoms with Gasteiger partial charge in [-0.1, -0.05) is 67.9 Å². The van der Waals surface area contributed by atoms with Gasteiger partial charge in [0, 0.05) is 5.56 Å². The van der Waals surface area contributed by atoms with Crippen LogP contribution in [0.1, 0.15) is 36.7 Å². The zero-order valence-corrected chi connectivity index (χ0v) is 11.5. The van der Waals surface area contributed by atoms with E-state index in [2.05, 4.69) is 31.2 Å². The van der Waals surface area contributed by atoms with E-state index in [0.717, 1.165) is 11.1 Å². The summed E-state index contributed by atoms with van der Waals surface area (Å²) in [5.41, 5.74) is 4.34. The van der Waals surface area contributed by atoms with Crippen molar-refractivity contribution in [3.8, 4) is 11.1 Å². The van der Waals surface area contributed by atoms with Crippen LogP contribution >= 0.6 is 0 Å². The number of ketones is 1. The lowest BCUT2D eigenvalue weighted by molar-refractivity contribution is 0.101. The van der Waals surface area contributed by atoms with E-state index in [0.29, 0.717) is 0 Å². The molecule has 1 nitrogen and oxygen atoms in total. The second kappa shape index (κ2) is 6.75. The summed E-state index contributed by atoms with van der Waals surface area (Å²) in [7, 11) is 0. The lowest BCUT2D eigenvalue weighted by atomic mass is 10.0. The third-order valence-corrected chi connectivity index (χ3v) is 2.68. The molecule has 0 saturated heterocycles. The minimum Gasteiger partial charge on any atom is -0.295 e. The standard InChI is InChI=1S/C15H14O.C2H6/c1-11-3-5-14(6-4-11)15-9-7-13(8-10-15)12(2)16;1-2/h3-10H,1-2H3;1-2H3. The maximum Gasteiger partial charge on any atom is 0.159 e. The monoisotopic (exact) mass is 240 g/mol. The van der Waals surface area contributed by atoms with Gasteiger partial charge in [0.15, 0.2) is 5.78 Å². The molecule has 1 heteroatoms. The zero-order chi connectivity index (χ0) is 13.5. The van der Waals surface area contributed by atoms with Crippen molar-refractivity contribution in [3.05, 3.63) is 59.7 Å². The Hall–Kier alpha value is -1.89. The average Bonchev–Trinajstić information content (AvgIpc) is 2.42. The molecule has 0 radical (unpaired) electrons. The van der Waals surface area contributed by atoms with Gasteiger partial charge in [0.1, 0.15) is 0 Å². The van der Waals surface area contributed by atoms with Crippen LogP contribution in [-0.2, 0) is 0 Å². The number of Topliss-reactive ketones (excluding diaryl/α,β-unsaturated/α-hetero) is 1. The second-order valence-electron chi connectivity index (χ2n) is 4.00. The van der Waals surface area contributed by atoms with Crippen LogP contribution in [0, 0.1) is 6.92 Å². The number of carbonyl (C=O) groups is 1. The number of aryl methyl sites for hydroxylation is 1. The first-order valence-electron chi connectivity index (χ1n) is 6.35. The van der Waals surface area contributed by atoms with Crippen LogP contribution in [0.3, 0.4) is 0 Å². The van der Waals surface area contributed by atoms with Gasteiger partial charge in [-0.05, 0) is 25.0 Å². The highest BCUT2D eigenvalue weighted by atomic mass is 16.1. The molecule has 0 amide bonds. The van der Waals surface area contributed by atoms with Gasteiger partial charge in [-0.15, -0.1) is 0 Å². The Kier molecular flexibility index (Phi) is 5.31. The van der Waals surface area contributed by atoms with Crippen molar-refractivity contribution in [2.75, 3.05) is 0 Å². The van der Waals surface area contributed by atoms with E-state index in [1.807, 2.05) is 38.1 Å². The molecule has 2 aromatic rings. The molecule has 94 valence electrons. The molecule has 0 aromatic heterocycles. The molecule has 0 aliphatic heterocycles. The maximum atomic E-state index is 11.1. The summed E-state index contributed by atoms with van der Waals surface area (Å²) in [6.45, 7) is 7.66. The molecule has 0 bridgehead atoms. The zero-order valence-electron chi connectivity index (χ0n) is 11.5. The fourth-order valence-electron chi connectivity index (χ4n) is 1.64. The van der Waals surface area contributed by atoms with Gasteiger partial charge in [0.25, 0.3) is 0 Å². The van der Waals surface area contributed by atoms with E-state index in [-0.39, 0.29) is 5.78 Å². The Labute approximate surface area is 109 Å². The molecule has 0 aliphatic carbocycles. The predicted octanol–water partition coefficient (Wildman–Crippen LogP) is 4.89. The number of hydrogen-bond acceptors (Lipinski definition) is 1. The number of hydrogen-bond donors (Lipinski definition) is 0. The molecule has 0 unspecified atom stereocenters. The molecule has 0 aliphatic rings. The fourth-order valence-corrected chi connectivity index (χ4v) is 1.64. The first kappa shape index (κ1) is 14.2. The molecular formula is C17H20O. The van der Waals surface area contributed by atoms with E-state index in [9.17, 15) is 4.79 Å². The van der Waals surface area contributed by atoms with E-state index < -0.39 is 0 Å². The Morgan fingerprint density at radius 1 is 0.778 bits per heavy atom. The van der Waals surface area contributed by atoms with Crippen LogP contribution in [0.15, 0.2) is 48.5 Å². The van der Waals surface area contributed by atoms with Gasteiger partial charge < -0.3 is 0 Å². The van der Waals surface area contributed by atoms with Crippen LogP contribution in [0.4, 0.5) is 0 Å². The largest absolute Gasteiger partial charge is 0.295 e. The summed E-state index contributed by atoms with van der Waals surface area (Å²) < 4.78 is 0. The Morgan fingerprint density at radius 2 is 1.17 bits per heavy atom. The van der Waals surface area contributed by atoms with Gasteiger partial charge in [-0.3, -0.25) is 4.79 Å². The molecule has 18 heavy (non-hydrogen) atoms. The van der Waals surface area contributed by atoms with Crippen molar-refractivity contribution in [1.29, 1.82) is 0 Å². The summed E-state index contributed by atoms with van der Waals surface area (Å²) in [6, 6.07) is 16.1. The van der Waals surface area contributed by atoms with E-state index in [4.69, 9.17) is 0 Å². The summed E-state index contributed by atoms with van der Waals surface area (Å²) in [6.07, 6.45) is 0. The number of carbonyl (C=O) groups excluding carboxylic acids is 1. The molecule has 2 aromatic carbocycles. The smallest absolute Gasteiger partial charge is 0.159 e. The Balaban J connectivity index is 0.000000771. The van der Waals surface area contributed by atoms with E-state index in [1.54, 1.807) is 6.92 Å². The van der Waals surface area contributed by atoms with Gasteiger partial charge in [0.2, 0.25) is 0 Å². The summed E-state index contributed by atoms with van der Waals surface area (Å²) in [5.74, 6) is 0.107. The van der Waals surface area contributed by atoms with Crippen molar-refractivity contribution in [2.24, 2.45) is 0 Å². The molecule has 0 heterocycles. The summed E-state index contributed by atoms with van der Waals surface area (Å²) in [5, 5.41) is 0. The summed E-state index contributed by atoms with van der Waals surface area (Å²) >= 11 is 0. The number of benzene rings is 2. The fraction of sp³-hybridized carbons (Fsp3) is 0.235. The van der Waals surface area contributed by atoms with Gasteiger partial charge in [-0.25, -0.2) is 0 Å². The van der Waals surface area contributed by atoms with Gasteiger partial charge in [0.05, 0.1) is 0 Å². The molecule has 0 saturated carbocycles. The van der Waals surface area contributed by atoms with Crippen molar-refractivity contribution in [2.45, 2.75) is 27.7 Å². The minimum absolute atomic E-state index is 0.107. The molecule has 0 atom stereocenters. The second-order valence-corrected chi connectivity index (χ2v) is 4.00. The van der Waals surface area contributed by atoms with Crippen LogP contribution < -0.4 is 0 Å². The summed E-state index contributed by atoms with van der Waals surface area (Å²) in [4.78, 5) is 11.1. The number of rotatable bonds is 2. The third kappa shape index (κ3) is 3.56. The topological polar surface area (TPSA) is 17.1 Å². The van der Waals surface area contributed by atoms with Gasteiger partial charge >= 0.3 is 0 Å². The molecule has 2 rings (SSSR count). The highest BCUT2D eigenvalue weighted by Crippen LogP contribution is 2.20. The lowest BCUT2D eigenvalue weighted by Gasteiger charge is -2.03. The van der Waals surface area contributed by atoms with Crippen molar-refractivity contribution >= 4 is 5.78 Å². The Morgan fingerprint density at radius 3 is 1.56 bits per heavy atom. The molecular weight excluding hydrogens is 220 g/mol. The molecule has 0 fully saturated rings. The predicted molar refractivity (Wildman–Crippen MR) is 78.0 cm³/mol. The molecule has 0 N–H and O–H groups in total. The highest BCUT2D eigenvalue weighted by molar-refractivity contribution is 5.94. The van der Waals surface area contributed by atoms with Crippen molar-refractivity contribution < 1.29 is 4.79 Å². The third-order valence-electron chi connectivity index (χ3n) is 2.68. The lowest BCUT2D eigenvalue weighted by Crippen LogP contribution is -1.90. The van der Waals surface area contributed by atoms with Crippen molar-refractivity contribution in [3.63, 3.8) is 0 Å². The van der Waals surface area contributed by atoms with Crippen LogP contribution in [0.2, 0.25) is 0 Å². The van der Waals surface area contributed by atoms with Crippen molar-refractivity contribution in [1.82, 2.24) is 0 Å². The molecule has 0 spiro atoms. The highest BCUT2D eigenvalue weighted by Gasteiger charge is 2.00. The van der Waals surface area contributed by atoms with Crippen LogP contribution in [0.25, 0.3) is 11.1 Å². The normalized spacial score (nSPS) is 9.33. The van der Waals surface area contributed by atoms with E-state index in [1.165, 1.54) is 11.1 Å². The average molecular weight is 240 g/mol. The van der Waals surface area contributed by atoms with E-state index >= 15 is 0 Å². The Bertz CT molecular complexity index is 492. The first-order valence-corrected chi connectivity index (χ1v) is 6.35. The minimum atomic E-state index is 0.107. The maximum absolute atomic E-state index is 11.1. The quantitative estimate of drug-likeness (QED) is 0.683. The first-order chi connectivity index (χ1) is 8.66. The van der Waals surface area contributed by atoms with Gasteiger partial charge in [-0.2, -0.15) is 0 Å². The SMILES string of the molecule is CC.CC(=O)c1ccc(-c2ccc(C)cc2)cc1.